The van der Waals surface area contributed by atoms with Gasteiger partial charge in [-0.1, -0.05) is 42.5 Å². The van der Waals surface area contributed by atoms with Crippen LogP contribution in [0.3, 0.4) is 0 Å². The van der Waals surface area contributed by atoms with Crippen molar-refractivity contribution >= 4 is 5.69 Å². The number of benzene rings is 2. The molecule has 5 heteroatoms. The molecule has 0 saturated carbocycles. The summed E-state index contributed by atoms with van der Waals surface area (Å²) in [4.78, 5) is 13.0. The van der Waals surface area contributed by atoms with Crippen molar-refractivity contribution in [3.63, 3.8) is 0 Å². The number of non-ortho nitro benzene ring substituents is 1. The van der Waals surface area contributed by atoms with Gasteiger partial charge in [0.1, 0.15) is 0 Å². The molecule has 0 N–H and O–H groups in total. The summed E-state index contributed by atoms with van der Waals surface area (Å²) in [5, 5.41) is 10.8. The normalized spacial score (nSPS) is 17.0. The Morgan fingerprint density at radius 3 is 2.46 bits per heavy atom. The quantitative estimate of drug-likeness (QED) is 0.517. The lowest BCUT2D eigenvalue weighted by Crippen LogP contribution is -2.39. The molecule has 0 radical (unpaired) electrons. The van der Waals surface area contributed by atoms with Gasteiger partial charge in [0, 0.05) is 43.7 Å². The largest absolute Gasteiger partial charge is 0.348 e. The van der Waals surface area contributed by atoms with Crippen LogP contribution >= 0.6 is 0 Å². The summed E-state index contributed by atoms with van der Waals surface area (Å²) in [6.45, 7) is 2.91. The summed E-state index contributed by atoms with van der Waals surface area (Å²) >= 11 is 0. The minimum Gasteiger partial charge on any atom is -0.348 e. The van der Waals surface area contributed by atoms with E-state index >= 15 is 0 Å². The second-order valence-corrected chi connectivity index (χ2v) is 6.65. The van der Waals surface area contributed by atoms with Gasteiger partial charge in [0.05, 0.1) is 11.0 Å². The maximum atomic E-state index is 10.8. The fraction of sp³-hybridized carbons (Fsp3) is 0.238. The van der Waals surface area contributed by atoms with Gasteiger partial charge < -0.3 is 4.57 Å². The van der Waals surface area contributed by atoms with E-state index < -0.39 is 0 Å². The smallest absolute Gasteiger partial charge is 0.269 e. The van der Waals surface area contributed by atoms with Crippen LogP contribution in [0.25, 0.3) is 0 Å². The van der Waals surface area contributed by atoms with E-state index in [-0.39, 0.29) is 16.7 Å². The topological polar surface area (TPSA) is 51.3 Å². The molecule has 1 atom stereocenters. The van der Waals surface area contributed by atoms with E-state index in [0.29, 0.717) is 0 Å². The van der Waals surface area contributed by atoms with Crippen molar-refractivity contribution in [2.45, 2.75) is 19.0 Å². The number of hydrogen-bond acceptors (Lipinski definition) is 3. The lowest BCUT2D eigenvalue weighted by Gasteiger charge is -2.37. The molecule has 1 aromatic heterocycles. The summed E-state index contributed by atoms with van der Waals surface area (Å²) in [6, 6.07) is 22.1. The molecule has 1 aliphatic rings. The van der Waals surface area contributed by atoms with Gasteiger partial charge in [-0.05, 0) is 29.7 Å². The van der Waals surface area contributed by atoms with Gasteiger partial charge in [0.15, 0.2) is 0 Å². The predicted octanol–water partition coefficient (Wildman–Crippen LogP) is 4.04. The van der Waals surface area contributed by atoms with Crippen LogP contribution in [-0.2, 0) is 13.0 Å². The Hall–Kier alpha value is -2.92. The van der Waals surface area contributed by atoms with E-state index in [4.69, 9.17) is 0 Å². The first-order chi connectivity index (χ1) is 12.7. The zero-order valence-corrected chi connectivity index (χ0v) is 14.5. The molecule has 2 aromatic carbocycles. The third-order valence-corrected chi connectivity index (χ3v) is 5.09. The summed E-state index contributed by atoms with van der Waals surface area (Å²) in [6.07, 6.45) is 3.03. The molecular formula is C21H21N3O2. The molecule has 26 heavy (non-hydrogen) atoms. The minimum absolute atomic E-state index is 0.145. The van der Waals surface area contributed by atoms with Crippen molar-refractivity contribution < 1.29 is 4.92 Å². The molecule has 132 valence electrons. The van der Waals surface area contributed by atoms with Crippen molar-refractivity contribution in [2.24, 2.45) is 0 Å². The molecule has 5 nitrogen and oxygen atoms in total. The lowest BCUT2D eigenvalue weighted by molar-refractivity contribution is -0.384. The first kappa shape index (κ1) is 16.5. The van der Waals surface area contributed by atoms with Gasteiger partial charge in [-0.25, -0.2) is 0 Å². The van der Waals surface area contributed by atoms with Crippen molar-refractivity contribution in [1.29, 1.82) is 0 Å². The van der Waals surface area contributed by atoms with E-state index in [1.807, 2.05) is 18.2 Å². The van der Waals surface area contributed by atoms with Crippen molar-refractivity contribution in [1.82, 2.24) is 9.47 Å². The molecule has 2 heterocycles. The Kier molecular flexibility index (Phi) is 4.54. The number of hydrogen-bond donors (Lipinski definition) is 0. The first-order valence-electron chi connectivity index (χ1n) is 8.90. The van der Waals surface area contributed by atoms with Gasteiger partial charge >= 0.3 is 0 Å². The maximum absolute atomic E-state index is 10.8. The highest BCUT2D eigenvalue weighted by molar-refractivity contribution is 5.33. The average molecular weight is 347 g/mol. The monoisotopic (exact) mass is 347 g/mol. The van der Waals surface area contributed by atoms with Crippen LogP contribution in [0.4, 0.5) is 5.69 Å². The zero-order chi connectivity index (χ0) is 17.9. The molecule has 1 unspecified atom stereocenters. The summed E-state index contributed by atoms with van der Waals surface area (Å²) < 4.78 is 2.33. The van der Waals surface area contributed by atoms with Crippen LogP contribution < -0.4 is 0 Å². The molecule has 1 aliphatic heterocycles. The van der Waals surface area contributed by atoms with Crippen LogP contribution in [-0.4, -0.2) is 27.5 Å². The molecule has 0 saturated heterocycles. The second kappa shape index (κ2) is 7.14. The molecular weight excluding hydrogens is 326 g/mol. The maximum Gasteiger partial charge on any atom is 0.269 e. The highest BCUT2D eigenvalue weighted by Gasteiger charge is 2.28. The predicted molar refractivity (Wildman–Crippen MR) is 101 cm³/mol. The number of rotatable bonds is 5. The molecule has 0 fully saturated rings. The van der Waals surface area contributed by atoms with Crippen molar-refractivity contribution in [2.75, 3.05) is 13.1 Å². The van der Waals surface area contributed by atoms with E-state index in [0.717, 1.165) is 31.6 Å². The van der Waals surface area contributed by atoms with E-state index in [1.54, 1.807) is 12.1 Å². The molecule has 4 rings (SSSR count). The van der Waals surface area contributed by atoms with Crippen LogP contribution in [0, 0.1) is 10.1 Å². The van der Waals surface area contributed by atoms with Crippen molar-refractivity contribution in [3.8, 4) is 0 Å². The second-order valence-electron chi connectivity index (χ2n) is 6.65. The van der Waals surface area contributed by atoms with Gasteiger partial charge in [-0.2, -0.15) is 0 Å². The van der Waals surface area contributed by atoms with Crippen LogP contribution in [0.1, 0.15) is 22.9 Å². The van der Waals surface area contributed by atoms with Crippen LogP contribution in [0.15, 0.2) is 72.9 Å². The number of nitro groups is 1. The molecule has 0 amide bonds. The number of fused-ring (bicyclic) bond motifs is 1. The number of aromatic nitrogens is 1. The average Bonchev–Trinajstić information content (AvgIpc) is 3.15. The van der Waals surface area contributed by atoms with Gasteiger partial charge in [0.2, 0.25) is 0 Å². The van der Waals surface area contributed by atoms with E-state index in [9.17, 15) is 10.1 Å². The van der Waals surface area contributed by atoms with Gasteiger partial charge in [-0.15, -0.1) is 0 Å². The highest BCUT2D eigenvalue weighted by atomic mass is 16.6. The summed E-state index contributed by atoms with van der Waals surface area (Å²) in [7, 11) is 0. The SMILES string of the molecule is O=[N+]([O-])c1ccc(CCN2CCn3cccc3C2c2ccccc2)cc1. The molecule has 0 bridgehead atoms. The fourth-order valence-corrected chi connectivity index (χ4v) is 3.75. The van der Waals surface area contributed by atoms with Crippen LogP contribution in [0.5, 0.6) is 0 Å². The Balaban J connectivity index is 1.54. The lowest BCUT2D eigenvalue weighted by atomic mass is 9.99. The van der Waals surface area contributed by atoms with Gasteiger partial charge in [0.25, 0.3) is 5.69 Å². The van der Waals surface area contributed by atoms with E-state index in [1.165, 1.54) is 11.3 Å². The summed E-state index contributed by atoms with van der Waals surface area (Å²) in [5.41, 5.74) is 3.90. The summed E-state index contributed by atoms with van der Waals surface area (Å²) in [5.74, 6) is 0. The first-order valence-corrected chi connectivity index (χ1v) is 8.90. The number of nitro benzene ring substituents is 1. The zero-order valence-electron chi connectivity index (χ0n) is 14.5. The van der Waals surface area contributed by atoms with Gasteiger partial charge in [-0.3, -0.25) is 15.0 Å². The molecule has 0 spiro atoms. The Labute approximate surface area is 152 Å². The minimum atomic E-state index is -0.353. The standard InChI is InChI=1S/C21H21N3O2/c25-24(26)19-10-8-17(9-11-19)12-14-23-16-15-22-13-4-7-20(22)21(23)18-5-2-1-3-6-18/h1-11,13,21H,12,14-16H2. The Morgan fingerprint density at radius 1 is 0.962 bits per heavy atom. The Morgan fingerprint density at radius 2 is 1.73 bits per heavy atom. The molecule has 3 aromatic rings. The third kappa shape index (κ3) is 3.26. The van der Waals surface area contributed by atoms with Crippen molar-refractivity contribution in [3.05, 3.63) is 99.9 Å². The Bertz CT molecular complexity index is 887. The number of nitrogens with zero attached hydrogens (tertiary/aromatic N) is 3. The molecule has 0 aliphatic carbocycles. The van der Waals surface area contributed by atoms with Crippen LogP contribution in [0.2, 0.25) is 0 Å². The van der Waals surface area contributed by atoms with E-state index in [2.05, 4.69) is 52.1 Å². The third-order valence-electron chi connectivity index (χ3n) is 5.09. The fourth-order valence-electron chi connectivity index (χ4n) is 3.75. The highest BCUT2D eigenvalue weighted by Crippen LogP contribution is 2.32.